The number of anilines is 1. The highest BCUT2D eigenvalue weighted by molar-refractivity contribution is 7.92. The molecule has 0 saturated carbocycles. The summed E-state index contributed by atoms with van der Waals surface area (Å²) >= 11 is 6.18. The summed E-state index contributed by atoms with van der Waals surface area (Å²) in [7, 11) is -2.51. The number of fused-ring (bicyclic) bond motifs is 1. The van der Waals surface area contributed by atoms with Crippen molar-refractivity contribution >= 4 is 33.2 Å². The molecule has 1 aliphatic rings. The highest BCUT2D eigenvalue weighted by Crippen LogP contribution is 2.39. The van der Waals surface area contributed by atoms with Gasteiger partial charge in [-0.3, -0.25) is 9.10 Å². The Morgan fingerprint density at radius 1 is 1.06 bits per heavy atom. The van der Waals surface area contributed by atoms with Crippen LogP contribution in [0.4, 0.5) is 5.69 Å². The maximum atomic E-state index is 13.6. The van der Waals surface area contributed by atoms with Crippen LogP contribution in [-0.2, 0) is 14.8 Å². The fourth-order valence-corrected chi connectivity index (χ4v) is 5.93. The highest BCUT2D eigenvalue weighted by atomic mass is 35.5. The number of amides is 1. The lowest BCUT2D eigenvalue weighted by Crippen LogP contribution is -2.51. The van der Waals surface area contributed by atoms with E-state index in [2.05, 4.69) is 17.4 Å². The highest BCUT2D eigenvalue weighted by Gasteiger charge is 2.38. The first-order valence-electron chi connectivity index (χ1n) is 11.5. The summed E-state index contributed by atoms with van der Waals surface area (Å²) in [6.07, 6.45) is -1.05. The minimum absolute atomic E-state index is 0.0643. The van der Waals surface area contributed by atoms with Crippen molar-refractivity contribution in [3.63, 3.8) is 0 Å². The van der Waals surface area contributed by atoms with Gasteiger partial charge in [-0.05, 0) is 92.4 Å². The monoisotopic (exact) mass is 528 g/mol. The van der Waals surface area contributed by atoms with Crippen LogP contribution in [0.15, 0.2) is 59.5 Å². The average Bonchev–Trinajstić information content (AvgIpc) is 2.85. The Bertz CT molecular complexity index is 1410. The standard InChI is InChI=1S/C27H29ClN2O5S/c1-16-12-18(3)23(13-17(16)2)19(4)29-27(31)26-15-30(24-14-20(28)6-11-25(24)35-26)36(32,33)22-9-7-21(34-5)8-10-22/h6-14,19,26H,15H2,1-5H3,(H,29,31). The van der Waals surface area contributed by atoms with Crippen molar-refractivity contribution in [1.82, 2.24) is 5.32 Å². The second-order valence-electron chi connectivity index (χ2n) is 8.95. The van der Waals surface area contributed by atoms with E-state index in [1.54, 1.807) is 24.3 Å². The largest absolute Gasteiger partial charge is 0.497 e. The van der Waals surface area contributed by atoms with E-state index in [0.29, 0.717) is 10.8 Å². The van der Waals surface area contributed by atoms with Gasteiger partial charge < -0.3 is 14.8 Å². The van der Waals surface area contributed by atoms with Gasteiger partial charge in [-0.1, -0.05) is 23.7 Å². The number of hydrogen-bond donors (Lipinski definition) is 1. The topological polar surface area (TPSA) is 84.9 Å². The number of aryl methyl sites for hydroxylation is 3. The number of carbonyl (C=O) groups is 1. The molecular formula is C27H29ClN2O5S. The number of hydrogen-bond acceptors (Lipinski definition) is 5. The van der Waals surface area contributed by atoms with E-state index in [4.69, 9.17) is 21.1 Å². The minimum atomic E-state index is -4.02. The molecule has 2 unspecified atom stereocenters. The Morgan fingerprint density at radius 2 is 1.72 bits per heavy atom. The van der Waals surface area contributed by atoms with E-state index in [0.717, 1.165) is 16.7 Å². The Balaban J connectivity index is 1.64. The predicted molar refractivity (Wildman–Crippen MR) is 141 cm³/mol. The second kappa shape index (κ2) is 10.0. The normalized spacial score (nSPS) is 16.1. The zero-order chi connectivity index (χ0) is 26.2. The van der Waals surface area contributed by atoms with Crippen LogP contribution in [0.2, 0.25) is 5.02 Å². The van der Waals surface area contributed by atoms with Crippen LogP contribution in [0.1, 0.15) is 35.2 Å². The molecule has 190 valence electrons. The van der Waals surface area contributed by atoms with Crippen molar-refractivity contribution < 1.29 is 22.7 Å². The molecule has 0 fully saturated rings. The molecule has 1 N–H and O–H groups in total. The zero-order valence-corrected chi connectivity index (χ0v) is 22.4. The first-order chi connectivity index (χ1) is 17.0. The summed E-state index contributed by atoms with van der Waals surface area (Å²) in [5, 5.41) is 3.35. The Hall–Kier alpha value is -3.23. The Labute approximate surface area is 217 Å². The lowest BCUT2D eigenvalue weighted by atomic mass is 9.96. The third kappa shape index (κ3) is 5.01. The first-order valence-corrected chi connectivity index (χ1v) is 13.3. The third-order valence-corrected chi connectivity index (χ3v) is 8.47. The Kier molecular flexibility index (Phi) is 7.20. The molecule has 7 nitrogen and oxygen atoms in total. The van der Waals surface area contributed by atoms with Crippen LogP contribution < -0.4 is 19.1 Å². The lowest BCUT2D eigenvalue weighted by Gasteiger charge is -2.35. The number of sulfonamides is 1. The quantitative estimate of drug-likeness (QED) is 0.480. The van der Waals surface area contributed by atoms with Crippen LogP contribution in [0.5, 0.6) is 11.5 Å². The molecule has 36 heavy (non-hydrogen) atoms. The zero-order valence-electron chi connectivity index (χ0n) is 20.8. The molecule has 0 radical (unpaired) electrons. The van der Waals surface area contributed by atoms with E-state index in [-0.39, 0.29) is 28.9 Å². The summed E-state index contributed by atoms with van der Waals surface area (Å²) in [4.78, 5) is 13.4. The second-order valence-corrected chi connectivity index (χ2v) is 11.3. The van der Waals surface area contributed by atoms with Gasteiger partial charge in [0.25, 0.3) is 15.9 Å². The smallest absolute Gasteiger partial charge is 0.264 e. The summed E-state index contributed by atoms with van der Waals surface area (Å²) < 4.78 is 39.6. The molecule has 3 aromatic carbocycles. The number of nitrogens with one attached hydrogen (secondary N) is 1. The molecule has 0 bridgehead atoms. The molecule has 3 aromatic rings. The summed E-state index contributed by atoms with van der Waals surface area (Å²) in [5.74, 6) is 0.390. The maximum Gasteiger partial charge on any atom is 0.264 e. The predicted octanol–water partition coefficient (Wildman–Crippen LogP) is 5.11. The van der Waals surface area contributed by atoms with Crippen LogP contribution in [0, 0.1) is 20.8 Å². The van der Waals surface area contributed by atoms with E-state index >= 15 is 0 Å². The fourth-order valence-electron chi connectivity index (χ4n) is 4.30. The van der Waals surface area contributed by atoms with E-state index in [9.17, 15) is 13.2 Å². The van der Waals surface area contributed by atoms with Crippen molar-refractivity contribution in [1.29, 1.82) is 0 Å². The molecule has 1 amide bonds. The third-order valence-electron chi connectivity index (χ3n) is 6.44. The summed E-state index contributed by atoms with van der Waals surface area (Å²) in [6, 6.07) is 14.6. The van der Waals surface area contributed by atoms with Crippen molar-refractivity contribution in [2.75, 3.05) is 18.0 Å². The Morgan fingerprint density at radius 3 is 2.39 bits per heavy atom. The summed E-state index contributed by atoms with van der Waals surface area (Å²) in [6.45, 7) is 7.78. The molecule has 0 saturated heterocycles. The lowest BCUT2D eigenvalue weighted by molar-refractivity contribution is -0.128. The number of methoxy groups -OCH3 is 1. The minimum Gasteiger partial charge on any atom is -0.497 e. The van der Waals surface area contributed by atoms with Crippen molar-refractivity contribution in [2.45, 2.75) is 44.7 Å². The molecule has 1 aliphatic heterocycles. The SMILES string of the molecule is COc1ccc(S(=O)(=O)N2CC(C(=O)NC(C)c3cc(C)c(C)cc3C)Oc3ccc(Cl)cc32)cc1. The van der Waals surface area contributed by atoms with Gasteiger partial charge in [0.05, 0.1) is 30.3 Å². The number of carbonyl (C=O) groups excluding carboxylic acids is 1. The van der Waals surface area contributed by atoms with E-state index < -0.39 is 22.0 Å². The molecule has 4 rings (SSSR count). The van der Waals surface area contributed by atoms with Crippen molar-refractivity contribution in [3.8, 4) is 11.5 Å². The molecule has 0 aromatic heterocycles. The molecule has 9 heteroatoms. The number of halogens is 1. The molecule has 1 heterocycles. The van der Waals surface area contributed by atoms with Gasteiger partial charge in [-0.2, -0.15) is 0 Å². The average molecular weight is 529 g/mol. The van der Waals surface area contributed by atoms with Crippen molar-refractivity contribution in [3.05, 3.63) is 81.9 Å². The van der Waals surface area contributed by atoms with Gasteiger partial charge >= 0.3 is 0 Å². The van der Waals surface area contributed by atoms with Gasteiger partial charge in [0.1, 0.15) is 11.5 Å². The van der Waals surface area contributed by atoms with Gasteiger partial charge in [-0.15, -0.1) is 0 Å². The molecule has 0 spiro atoms. The van der Waals surface area contributed by atoms with Gasteiger partial charge in [0, 0.05) is 5.02 Å². The number of benzene rings is 3. The number of rotatable bonds is 6. The van der Waals surface area contributed by atoms with Crippen LogP contribution in [0.25, 0.3) is 0 Å². The maximum absolute atomic E-state index is 13.6. The van der Waals surface area contributed by atoms with Gasteiger partial charge in [0.15, 0.2) is 6.10 Å². The van der Waals surface area contributed by atoms with Gasteiger partial charge in [-0.25, -0.2) is 8.42 Å². The number of ether oxygens (including phenoxy) is 2. The first kappa shape index (κ1) is 25.9. The van der Waals surface area contributed by atoms with E-state index in [1.165, 1.54) is 35.2 Å². The van der Waals surface area contributed by atoms with E-state index in [1.807, 2.05) is 27.7 Å². The molecule has 2 atom stereocenters. The fraction of sp³-hybridized carbons (Fsp3) is 0.296. The summed E-state index contributed by atoms with van der Waals surface area (Å²) in [5.41, 5.74) is 4.66. The van der Waals surface area contributed by atoms with Crippen molar-refractivity contribution in [2.24, 2.45) is 0 Å². The molecule has 0 aliphatic carbocycles. The van der Waals surface area contributed by atoms with Crippen LogP contribution in [-0.4, -0.2) is 34.1 Å². The number of nitrogens with zero attached hydrogens (tertiary/aromatic N) is 1. The van der Waals surface area contributed by atoms with Gasteiger partial charge in [0.2, 0.25) is 0 Å². The molecular weight excluding hydrogens is 500 g/mol. The van der Waals surface area contributed by atoms with Crippen LogP contribution >= 0.6 is 11.6 Å². The van der Waals surface area contributed by atoms with Crippen LogP contribution in [0.3, 0.4) is 0 Å².